The van der Waals surface area contributed by atoms with Gasteiger partial charge in [-0.15, -0.1) is 0 Å². The average Bonchev–Trinajstić information content (AvgIpc) is 2.63. The van der Waals surface area contributed by atoms with Crippen LogP contribution in [0, 0.1) is 13.8 Å². The molecule has 0 aliphatic heterocycles. The van der Waals surface area contributed by atoms with Crippen molar-refractivity contribution in [3.63, 3.8) is 0 Å². The van der Waals surface area contributed by atoms with E-state index in [4.69, 9.17) is 9.15 Å². The Labute approximate surface area is 103 Å². The molecule has 2 rings (SSSR count). The Balaban J connectivity index is 2.04. The molecule has 3 heteroatoms. The van der Waals surface area contributed by atoms with Crippen molar-refractivity contribution in [2.24, 2.45) is 0 Å². The molecule has 84 valence electrons. The van der Waals surface area contributed by atoms with Crippen LogP contribution in [0.4, 0.5) is 0 Å². The number of hydrogen-bond acceptors (Lipinski definition) is 2. The van der Waals surface area contributed by atoms with Gasteiger partial charge in [-0.05, 0) is 49.7 Å². The second-order valence-corrected chi connectivity index (χ2v) is 4.63. The van der Waals surface area contributed by atoms with E-state index in [1.165, 1.54) is 0 Å². The molecule has 2 aromatic rings. The van der Waals surface area contributed by atoms with Crippen molar-refractivity contribution in [2.75, 3.05) is 0 Å². The first-order valence-corrected chi connectivity index (χ1v) is 5.89. The van der Waals surface area contributed by atoms with Crippen LogP contribution in [0.3, 0.4) is 0 Å². The number of halogens is 1. The van der Waals surface area contributed by atoms with E-state index in [1.54, 1.807) is 0 Å². The highest BCUT2D eigenvalue weighted by atomic mass is 79.9. The third kappa shape index (κ3) is 2.67. The van der Waals surface area contributed by atoms with Crippen LogP contribution in [0.15, 0.2) is 39.2 Å². The largest absolute Gasteiger partial charge is 0.485 e. The van der Waals surface area contributed by atoms with E-state index < -0.39 is 0 Å². The summed E-state index contributed by atoms with van der Waals surface area (Å²) in [4.78, 5) is 0. The third-order valence-corrected chi connectivity index (χ3v) is 2.80. The van der Waals surface area contributed by atoms with Crippen LogP contribution in [-0.4, -0.2) is 0 Å². The lowest BCUT2D eigenvalue weighted by molar-refractivity contribution is 0.266. The van der Waals surface area contributed by atoms with E-state index in [-0.39, 0.29) is 0 Å². The summed E-state index contributed by atoms with van der Waals surface area (Å²) in [7, 11) is 0. The van der Waals surface area contributed by atoms with Crippen LogP contribution in [0.2, 0.25) is 0 Å². The van der Waals surface area contributed by atoms with E-state index in [0.717, 1.165) is 27.3 Å². The second-order valence-electron chi connectivity index (χ2n) is 3.71. The molecular weight excluding hydrogens is 268 g/mol. The molecular formula is C13H13BrO2. The van der Waals surface area contributed by atoms with Crippen molar-refractivity contribution in [1.82, 2.24) is 0 Å². The van der Waals surface area contributed by atoms with Gasteiger partial charge in [0.25, 0.3) is 0 Å². The highest BCUT2D eigenvalue weighted by molar-refractivity contribution is 9.10. The average molecular weight is 281 g/mol. The molecule has 0 radical (unpaired) electrons. The number of furan rings is 1. The van der Waals surface area contributed by atoms with Crippen LogP contribution >= 0.6 is 15.9 Å². The first kappa shape index (κ1) is 11.3. The molecule has 1 aromatic heterocycles. The van der Waals surface area contributed by atoms with E-state index in [0.29, 0.717) is 6.61 Å². The van der Waals surface area contributed by atoms with E-state index in [9.17, 15) is 0 Å². The van der Waals surface area contributed by atoms with Gasteiger partial charge in [-0.3, -0.25) is 0 Å². The van der Waals surface area contributed by atoms with Gasteiger partial charge >= 0.3 is 0 Å². The SMILES string of the molecule is Cc1ccc(COc2ccc(Br)cc2C)o1. The molecule has 0 amide bonds. The summed E-state index contributed by atoms with van der Waals surface area (Å²) in [6.45, 7) is 4.41. The van der Waals surface area contributed by atoms with Crippen molar-refractivity contribution in [1.29, 1.82) is 0 Å². The minimum absolute atomic E-state index is 0.469. The summed E-state index contributed by atoms with van der Waals surface area (Å²) in [6, 6.07) is 9.82. The van der Waals surface area contributed by atoms with Crippen molar-refractivity contribution in [3.05, 3.63) is 51.9 Å². The number of aryl methyl sites for hydroxylation is 2. The summed E-state index contributed by atoms with van der Waals surface area (Å²) in [5, 5.41) is 0. The Morgan fingerprint density at radius 2 is 2.00 bits per heavy atom. The van der Waals surface area contributed by atoms with Crippen LogP contribution in [0.1, 0.15) is 17.1 Å². The van der Waals surface area contributed by atoms with Gasteiger partial charge in [0.15, 0.2) is 0 Å². The Hall–Kier alpha value is -1.22. The summed E-state index contributed by atoms with van der Waals surface area (Å²) in [5.74, 6) is 2.64. The lowest BCUT2D eigenvalue weighted by Crippen LogP contribution is -1.95. The number of ether oxygens (including phenoxy) is 1. The van der Waals surface area contributed by atoms with Crippen LogP contribution in [0.5, 0.6) is 5.75 Å². The van der Waals surface area contributed by atoms with Crippen LogP contribution in [-0.2, 0) is 6.61 Å². The smallest absolute Gasteiger partial charge is 0.146 e. The Kier molecular flexibility index (Phi) is 3.34. The van der Waals surface area contributed by atoms with Crippen molar-refractivity contribution in [3.8, 4) is 5.75 Å². The van der Waals surface area contributed by atoms with Crippen LogP contribution < -0.4 is 4.74 Å². The van der Waals surface area contributed by atoms with Gasteiger partial charge in [-0.1, -0.05) is 15.9 Å². The van der Waals surface area contributed by atoms with Gasteiger partial charge in [0.05, 0.1) is 0 Å². The van der Waals surface area contributed by atoms with Gasteiger partial charge in [0, 0.05) is 4.47 Å². The van der Waals surface area contributed by atoms with E-state index in [2.05, 4.69) is 15.9 Å². The molecule has 1 aromatic carbocycles. The maximum Gasteiger partial charge on any atom is 0.146 e. The molecule has 0 N–H and O–H groups in total. The van der Waals surface area contributed by atoms with Crippen molar-refractivity contribution in [2.45, 2.75) is 20.5 Å². The second kappa shape index (κ2) is 4.74. The molecule has 0 spiro atoms. The first-order chi connectivity index (χ1) is 7.65. The highest BCUT2D eigenvalue weighted by Crippen LogP contribution is 2.23. The molecule has 0 bridgehead atoms. The zero-order valence-electron chi connectivity index (χ0n) is 9.29. The predicted octanol–water partition coefficient (Wildman–Crippen LogP) is 4.24. The van der Waals surface area contributed by atoms with Gasteiger partial charge < -0.3 is 9.15 Å². The maximum atomic E-state index is 5.68. The first-order valence-electron chi connectivity index (χ1n) is 5.09. The molecule has 0 aliphatic carbocycles. The Morgan fingerprint density at radius 3 is 2.62 bits per heavy atom. The van der Waals surface area contributed by atoms with Gasteiger partial charge in [0.2, 0.25) is 0 Å². The fraction of sp³-hybridized carbons (Fsp3) is 0.231. The summed E-state index contributed by atoms with van der Waals surface area (Å²) in [5.41, 5.74) is 1.11. The van der Waals surface area contributed by atoms with Crippen LogP contribution in [0.25, 0.3) is 0 Å². The number of rotatable bonds is 3. The molecule has 1 heterocycles. The number of benzene rings is 1. The quantitative estimate of drug-likeness (QED) is 0.839. The summed E-state index contributed by atoms with van der Waals surface area (Å²) >= 11 is 3.42. The molecule has 0 aliphatic rings. The monoisotopic (exact) mass is 280 g/mol. The molecule has 0 saturated heterocycles. The molecule has 0 unspecified atom stereocenters. The van der Waals surface area contributed by atoms with E-state index >= 15 is 0 Å². The van der Waals surface area contributed by atoms with Crippen molar-refractivity contribution < 1.29 is 9.15 Å². The predicted molar refractivity (Wildman–Crippen MR) is 66.7 cm³/mol. The standard InChI is InChI=1S/C13H13BrO2/c1-9-7-11(14)4-6-13(9)15-8-12-5-3-10(2)16-12/h3-7H,8H2,1-2H3. The summed E-state index contributed by atoms with van der Waals surface area (Å²) < 4.78 is 12.2. The molecule has 0 saturated carbocycles. The fourth-order valence-electron chi connectivity index (χ4n) is 1.49. The topological polar surface area (TPSA) is 22.4 Å². The maximum absolute atomic E-state index is 5.68. The fourth-order valence-corrected chi connectivity index (χ4v) is 1.96. The lowest BCUT2D eigenvalue weighted by Gasteiger charge is -2.07. The van der Waals surface area contributed by atoms with Gasteiger partial charge in [-0.2, -0.15) is 0 Å². The lowest BCUT2D eigenvalue weighted by atomic mass is 10.2. The summed E-state index contributed by atoms with van der Waals surface area (Å²) in [6.07, 6.45) is 0. The molecule has 0 atom stereocenters. The zero-order chi connectivity index (χ0) is 11.5. The zero-order valence-corrected chi connectivity index (χ0v) is 10.9. The van der Waals surface area contributed by atoms with Gasteiger partial charge in [0.1, 0.15) is 23.9 Å². The molecule has 2 nitrogen and oxygen atoms in total. The minimum atomic E-state index is 0.469. The Bertz CT molecular complexity index is 488. The molecule has 16 heavy (non-hydrogen) atoms. The van der Waals surface area contributed by atoms with Gasteiger partial charge in [-0.25, -0.2) is 0 Å². The van der Waals surface area contributed by atoms with Crippen molar-refractivity contribution >= 4 is 15.9 Å². The highest BCUT2D eigenvalue weighted by Gasteiger charge is 2.03. The minimum Gasteiger partial charge on any atom is -0.485 e. The normalized spacial score (nSPS) is 10.4. The van der Waals surface area contributed by atoms with E-state index in [1.807, 2.05) is 44.2 Å². The Morgan fingerprint density at radius 1 is 1.19 bits per heavy atom. The molecule has 0 fully saturated rings. The number of hydrogen-bond donors (Lipinski definition) is 0. The third-order valence-electron chi connectivity index (χ3n) is 2.30.